The van der Waals surface area contributed by atoms with Gasteiger partial charge in [0.15, 0.2) is 0 Å². The van der Waals surface area contributed by atoms with E-state index in [1.807, 2.05) is 25.1 Å². The Balaban J connectivity index is 0. The molecule has 0 fully saturated rings. The first-order chi connectivity index (χ1) is 13.0. The minimum atomic E-state index is -0.965. The van der Waals surface area contributed by atoms with Gasteiger partial charge in [-0.3, -0.25) is 4.90 Å². The fourth-order valence-corrected chi connectivity index (χ4v) is 1.73. The van der Waals surface area contributed by atoms with Gasteiger partial charge in [0.1, 0.15) is 6.67 Å². The number of carboxylic acids is 1. The number of carboxylic acid groups (broad SMARTS) is 1. The Labute approximate surface area is 166 Å². The van der Waals surface area contributed by atoms with E-state index in [2.05, 4.69) is 67.3 Å². The molecule has 4 nitrogen and oxygen atoms in total. The Bertz CT molecular complexity index is 461. The second kappa shape index (κ2) is 24.1. The molecule has 154 valence electrons. The van der Waals surface area contributed by atoms with E-state index in [0.29, 0.717) is 6.42 Å². The molecule has 0 heterocycles. The van der Waals surface area contributed by atoms with Crippen molar-refractivity contribution in [1.82, 2.24) is 4.90 Å². The summed E-state index contributed by atoms with van der Waals surface area (Å²) in [4.78, 5) is 12.2. The van der Waals surface area contributed by atoms with Crippen LogP contribution in [-0.4, -0.2) is 31.6 Å². The molecule has 0 radical (unpaired) electrons. The van der Waals surface area contributed by atoms with Crippen LogP contribution in [0.1, 0.15) is 58.3 Å². The monoisotopic (exact) mass is 376 g/mol. The maximum absolute atomic E-state index is 10.2. The first-order valence-electron chi connectivity index (χ1n) is 9.93. The van der Waals surface area contributed by atoms with Crippen molar-refractivity contribution >= 4 is 5.97 Å². The highest BCUT2D eigenvalue weighted by Gasteiger charge is 1.84. The molecule has 0 aromatic rings. The molecule has 0 spiro atoms. The predicted molar refractivity (Wildman–Crippen MR) is 115 cm³/mol. The Hall–Kier alpha value is -1.91. The number of hydrogen-bond donors (Lipinski definition) is 1. The lowest BCUT2D eigenvalue weighted by atomic mass is 10.2. The first-order valence-corrected chi connectivity index (χ1v) is 9.93. The number of nitrogens with zero attached hydrogens (tertiary/aromatic N) is 1. The summed E-state index contributed by atoms with van der Waals surface area (Å²) >= 11 is 0. The van der Waals surface area contributed by atoms with Gasteiger partial charge in [-0.2, -0.15) is 0 Å². The zero-order valence-corrected chi connectivity index (χ0v) is 17.6. The maximum atomic E-state index is 10.2. The van der Waals surface area contributed by atoms with Gasteiger partial charge in [-0.05, 0) is 65.5 Å². The quantitative estimate of drug-likeness (QED) is 0.287. The molecule has 0 atom stereocenters. The van der Waals surface area contributed by atoms with Crippen LogP contribution in [0.5, 0.6) is 0 Å². The molecule has 0 aliphatic heterocycles. The normalized spacial score (nSPS) is 12.2. The lowest BCUT2D eigenvalue weighted by Gasteiger charge is -1.97. The molecular formula is C23H40N2O2. The van der Waals surface area contributed by atoms with Gasteiger partial charge in [0.25, 0.3) is 0 Å². The van der Waals surface area contributed by atoms with E-state index in [1.54, 1.807) is 0 Å². The summed E-state index contributed by atoms with van der Waals surface area (Å²) in [5.74, 6) is -0.965. The third kappa shape index (κ3) is 32.3. The average molecular weight is 377 g/mol. The third-order valence-corrected chi connectivity index (χ3v) is 3.36. The van der Waals surface area contributed by atoms with Crippen LogP contribution < -0.4 is 10.8 Å². The number of rotatable bonds is 14. The molecule has 0 amide bonds. The van der Waals surface area contributed by atoms with Crippen LogP contribution in [0.2, 0.25) is 0 Å². The molecule has 0 unspecified atom stereocenters. The summed E-state index contributed by atoms with van der Waals surface area (Å²) in [5.41, 5.74) is 3.61. The van der Waals surface area contributed by atoms with Gasteiger partial charge in [0.05, 0.1) is 0 Å². The van der Waals surface area contributed by atoms with Crippen molar-refractivity contribution in [2.75, 3.05) is 20.8 Å². The SMILES string of the molecule is CC/C=C\C/C=C\C/C=C\C/C=C\C/C=C\CCCC(=O)[O-].CN(C)C[NH3+]. The van der Waals surface area contributed by atoms with E-state index >= 15 is 0 Å². The molecule has 0 aliphatic rings. The summed E-state index contributed by atoms with van der Waals surface area (Å²) in [5, 5.41) is 10.2. The van der Waals surface area contributed by atoms with E-state index in [1.165, 1.54) is 0 Å². The Kier molecular flexibility index (Phi) is 24.4. The molecule has 4 heteroatoms. The molecule has 0 aromatic carbocycles. The summed E-state index contributed by atoms with van der Waals surface area (Å²) in [6.45, 7) is 3.03. The fourth-order valence-electron chi connectivity index (χ4n) is 1.73. The Morgan fingerprint density at radius 3 is 1.52 bits per heavy atom. The van der Waals surface area contributed by atoms with Crippen molar-refractivity contribution in [2.45, 2.75) is 58.3 Å². The molecule has 0 rings (SSSR count). The van der Waals surface area contributed by atoms with Crippen LogP contribution in [0.25, 0.3) is 0 Å². The molecule has 0 saturated heterocycles. The molecule has 0 aromatic heterocycles. The highest BCUT2D eigenvalue weighted by Crippen LogP contribution is 1.98. The number of aliphatic carboxylic acids is 1. The molecular weight excluding hydrogens is 336 g/mol. The van der Waals surface area contributed by atoms with Crippen molar-refractivity contribution < 1.29 is 15.6 Å². The maximum Gasteiger partial charge on any atom is 0.129 e. The molecule has 27 heavy (non-hydrogen) atoms. The number of allylic oxidation sites excluding steroid dienone is 10. The van der Waals surface area contributed by atoms with Crippen LogP contribution in [0.4, 0.5) is 0 Å². The van der Waals surface area contributed by atoms with Gasteiger partial charge < -0.3 is 15.6 Å². The van der Waals surface area contributed by atoms with Gasteiger partial charge in [-0.15, -0.1) is 0 Å². The molecule has 0 bridgehead atoms. The predicted octanol–water partition coefficient (Wildman–Crippen LogP) is 3.41. The fraction of sp³-hybridized carbons (Fsp3) is 0.522. The van der Waals surface area contributed by atoms with Gasteiger partial charge >= 0.3 is 0 Å². The highest BCUT2D eigenvalue weighted by molar-refractivity contribution is 5.64. The number of carbonyl (C=O) groups is 1. The van der Waals surface area contributed by atoms with Crippen LogP contribution >= 0.6 is 0 Å². The Morgan fingerprint density at radius 1 is 0.815 bits per heavy atom. The Morgan fingerprint density at radius 2 is 1.19 bits per heavy atom. The van der Waals surface area contributed by atoms with Crippen LogP contribution in [0.3, 0.4) is 0 Å². The second-order valence-corrected chi connectivity index (χ2v) is 6.28. The molecule has 0 saturated carbocycles. The number of quaternary nitrogens is 1. The minimum Gasteiger partial charge on any atom is -0.550 e. The van der Waals surface area contributed by atoms with E-state index in [9.17, 15) is 9.90 Å². The zero-order chi connectivity index (χ0) is 20.6. The number of carbonyl (C=O) groups excluding carboxylic acids is 1. The van der Waals surface area contributed by atoms with Gasteiger partial charge in [-0.25, -0.2) is 0 Å². The van der Waals surface area contributed by atoms with Gasteiger partial charge in [0.2, 0.25) is 0 Å². The van der Waals surface area contributed by atoms with E-state index in [0.717, 1.165) is 45.2 Å². The molecule has 0 aliphatic carbocycles. The minimum absolute atomic E-state index is 0.147. The summed E-state index contributed by atoms with van der Waals surface area (Å²) < 4.78 is 0. The van der Waals surface area contributed by atoms with Crippen molar-refractivity contribution in [2.24, 2.45) is 0 Å². The summed E-state index contributed by atoms with van der Waals surface area (Å²) in [6.07, 6.45) is 28.1. The highest BCUT2D eigenvalue weighted by atomic mass is 16.4. The smallest absolute Gasteiger partial charge is 0.129 e. The summed E-state index contributed by atoms with van der Waals surface area (Å²) in [6, 6.07) is 0. The van der Waals surface area contributed by atoms with E-state index in [4.69, 9.17) is 0 Å². The summed E-state index contributed by atoms with van der Waals surface area (Å²) in [7, 11) is 3.99. The van der Waals surface area contributed by atoms with Crippen LogP contribution in [-0.2, 0) is 4.79 Å². The van der Waals surface area contributed by atoms with E-state index < -0.39 is 5.97 Å². The van der Waals surface area contributed by atoms with Crippen molar-refractivity contribution in [3.05, 3.63) is 60.8 Å². The van der Waals surface area contributed by atoms with Crippen LogP contribution in [0, 0.1) is 0 Å². The number of unbranched alkanes of at least 4 members (excludes halogenated alkanes) is 1. The van der Waals surface area contributed by atoms with Crippen molar-refractivity contribution in [3.8, 4) is 0 Å². The van der Waals surface area contributed by atoms with Gasteiger partial charge in [-0.1, -0.05) is 67.7 Å². The molecule has 3 N–H and O–H groups in total. The third-order valence-electron chi connectivity index (χ3n) is 3.36. The van der Waals surface area contributed by atoms with E-state index in [-0.39, 0.29) is 6.42 Å². The second-order valence-electron chi connectivity index (χ2n) is 6.28. The standard InChI is InChI=1S/C20H30O2.C3H10N2/c1-2-3-4-5-6-7-8-9-10-11-12-13-14-15-16-17-18-19-20(21)22;1-5(2)3-4/h3-4,6-7,9-10,12-13,15-16H,2,5,8,11,14,17-19H2,1H3,(H,21,22);3-4H2,1-2H3/b4-3-,7-6-,10-9-,13-12-,16-15-;. The first kappa shape index (κ1) is 27.3. The number of hydrogen-bond acceptors (Lipinski definition) is 3. The lowest BCUT2D eigenvalue weighted by molar-refractivity contribution is -0.396. The van der Waals surface area contributed by atoms with Crippen LogP contribution in [0.15, 0.2) is 60.8 Å². The zero-order valence-electron chi connectivity index (χ0n) is 17.6. The average Bonchev–Trinajstić information content (AvgIpc) is 2.64. The van der Waals surface area contributed by atoms with Gasteiger partial charge in [0, 0.05) is 5.97 Å². The van der Waals surface area contributed by atoms with Crippen molar-refractivity contribution in [3.63, 3.8) is 0 Å². The van der Waals surface area contributed by atoms with Crippen molar-refractivity contribution in [1.29, 1.82) is 0 Å². The lowest BCUT2D eigenvalue weighted by Crippen LogP contribution is -2.56. The topological polar surface area (TPSA) is 71.0 Å². The largest absolute Gasteiger partial charge is 0.550 e.